The first-order valence-electron chi connectivity index (χ1n) is 8.93. The third kappa shape index (κ3) is 5.08. The normalized spacial score (nSPS) is 14.4. The summed E-state index contributed by atoms with van der Waals surface area (Å²) in [6, 6.07) is 13.1. The predicted octanol–water partition coefficient (Wildman–Crippen LogP) is 2.58. The van der Waals surface area contributed by atoms with E-state index < -0.39 is 10.0 Å². The molecule has 0 bridgehead atoms. The Morgan fingerprint density at radius 1 is 1.15 bits per heavy atom. The summed E-state index contributed by atoms with van der Waals surface area (Å²) in [5.41, 5.74) is 3.64. The minimum absolute atomic E-state index is 0.116. The van der Waals surface area contributed by atoms with Crippen LogP contribution in [0.15, 0.2) is 42.5 Å². The van der Waals surface area contributed by atoms with Gasteiger partial charge in [-0.3, -0.25) is 4.79 Å². The Kier molecular flexibility index (Phi) is 5.82. The number of carbonyl (C=O) groups excluding carboxylic acids is 1. The van der Waals surface area contributed by atoms with Crippen molar-refractivity contribution >= 4 is 21.6 Å². The molecule has 0 saturated carbocycles. The maximum absolute atomic E-state index is 12.3. The van der Waals surface area contributed by atoms with Crippen LogP contribution in [-0.4, -0.2) is 38.0 Å². The Hall–Kier alpha value is -2.38. The summed E-state index contributed by atoms with van der Waals surface area (Å²) in [5.74, 6) is 0.668. The van der Waals surface area contributed by atoms with Crippen molar-refractivity contribution in [3.63, 3.8) is 0 Å². The number of hydrogen-bond donors (Lipinski definition) is 1. The predicted molar refractivity (Wildman–Crippen MR) is 105 cm³/mol. The first-order chi connectivity index (χ1) is 12.8. The van der Waals surface area contributed by atoms with Crippen molar-refractivity contribution in [3.05, 3.63) is 59.2 Å². The Balaban J connectivity index is 1.65. The average Bonchev–Trinajstić information content (AvgIpc) is 2.62. The highest BCUT2D eigenvalue weighted by Crippen LogP contribution is 2.24. The van der Waals surface area contributed by atoms with E-state index in [1.807, 2.05) is 49.4 Å². The molecule has 1 amide bonds. The highest BCUT2D eigenvalue weighted by molar-refractivity contribution is 7.88. The van der Waals surface area contributed by atoms with Crippen LogP contribution in [0.3, 0.4) is 0 Å². The number of nitrogens with one attached hydrogen (secondary N) is 1. The molecule has 0 atom stereocenters. The molecule has 27 heavy (non-hydrogen) atoms. The van der Waals surface area contributed by atoms with Crippen LogP contribution < -0.4 is 10.1 Å². The molecule has 1 aliphatic heterocycles. The van der Waals surface area contributed by atoms with Crippen LogP contribution in [0.4, 0.5) is 5.69 Å². The zero-order chi connectivity index (χ0) is 19.4. The topological polar surface area (TPSA) is 75.7 Å². The van der Waals surface area contributed by atoms with Crippen molar-refractivity contribution in [1.29, 1.82) is 0 Å². The third-order valence-corrected chi connectivity index (χ3v) is 5.79. The largest absolute Gasteiger partial charge is 0.494 e. The summed E-state index contributed by atoms with van der Waals surface area (Å²) in [6.45, 7) is 3.37. The van der Waals surface area contributed by atoms with E-state index in [1.165, 1.54) is 10.6 Å². The van der Waals surface area contributed by atoms with E-state index in [9.17, 15) is 13.2 Å². The van der Waals surface area contributed by atoms with Crippen molar-refractivity contribution in [2.45, 2.75) is 26.3 Å². The molecular weight excluding hydrogens is 364 g/mol. The van der Waals surface area contributed by atoms with Crippen molar-refractivity contribution in [1.82, 2.24) is 4.31 Å². The number of anilines is 1. The molecule has 1 heterocycles. The van der Waals surface area contributed by atoms with Gasteiger partial charge in [-0.05, 0) is 54.3 Å². The fraction of sp³-hybridized carbons (Fsp3) is 0.350. The van der Waals surface area contributed by atoms with Gasteiger partial charge in [-0.25, -0.2) is 8.42 Å². The van der Waals surface area contributed by atoms with Crippen LogP contribution in [0.5, 0.6) is 5.75 Å². The molecule has 144 valence electrons. The summed E-state index contributed by atoms with van der Waals surface area (Å²) in [6.07, 6.45) is 2.17. The third-order valence-electron chi connectivity index (χ3n) is 4.54. The molecule has 0 spiro atoms. The molecule has 0 unspecified atom stereocenters. The van der Waals surface area contributed by atoms with Gasteiger partial charge in [0.1, 0.15) is 5.75 Å². The maximum Gasteiger partial charge on any atom is 0.228 e. The monoisotopic (exact) mass is 388 g/mol. The Labute approximate surface area is 160 Å². The molecule has 0 saturated heterocycles. The Morgan fingerprint density at radius 3 is 2.56 bits per heavy atom. The lowest BCUT2D eigenvalue weighted by atomic mass is 10.0. The van der Waals surface area contributed by atoms with Crippen LogP contribution >= 0.6 is 0 Å². The Morgan fingerprint density at radius 2 is 1.89 bits per heavy atom. The van der Waals surface area contributed by atoms with Crippen molar-refractivity contribution in [2.24, 2.45) is 0 Å². The molecule has 0 radical (unpaired) electrons. The van der Waals surface area contributed by atoms with Crippen LogP contribution in [-0.2, 0) is 34.2 Å². The lowest BCUT2D eigenvalue weighted by molar-refractivity contribution is -0.115. The first-order valence-corrected chi connectivity index (χ1v) is 10.8. The Bertz CT molecular complexity index is 923. The van der Waals surface area contributed by atoms with Crippen molar-refractivity contribution in [3.8, 4) is 5.75 Å². The van der Waals surface area contributed by atoms with Gasteiger partial charge in [0.15, 0.2) is 0 Å². The van der Waals surface area contributed by atoms with Gasteiger partial charge in [-0.15, -0.1) is 0 Å². The second kappa shape index (κ2) is 8.10. The van der Waals surface area contributed by atoms with Crippen LogP contribution in [0.25, 0.3) is 0 Å². The number of amides is 1. The maximum atomic E-state index is 12.3. The number of fused-ring (bicyclic) bond motifs is 1. The minimum Gasteiger partial charge on any atom is -0.494 e. The van der Waals surface area contributed by atoms with Crippen LogP contribution in [0.2, 0.25) is 0 Å². The van der Waals surface area contributed by atoms with Gasteiger partial charge in [-0.2, -0.15) is 4.31 Å². The highest BCUT2D eigenvalue weighted by Gasteiger charge is 2.23. The van der Waals surface area contributed by atoms with Gasteiger partial charge in [0.25, 0.3) is 0 Å². The van der Waals surface area contributed by atoms with E-state index in [0.29, 0.717) is 31.8 Å². The summed E-state index contributed by atoms with van der Waals surface area (Å²) in [5, 5.41) is 2.90. The molecule has 1 aliphatic rings. The van der Waals surface area contributed by atoms with Gasteiger partial charge in [0.2, 0.25) is 15.9 Å². The number of carbonyl (C=O) groups is 1. The number of benzene rings is 2. The van der Waals surface area contributed by atoms with E-state index in [0.717, 1.165) is 22.4 Å². The molecule has 0 aromatic heterocycles. The van der Waals surface area contributed by atoms with Crippen molar-refractivity contribution in [2.75, 3.05) is 24.7 Å². The molecule has 6 nitrogen and oxygen atoms in total. The molecule has 2 aromatic rings. The fourth-order valence-electron chi connectivity index (χ4n) is 3.15. The average molecular weight is 388 g/mol. The number of sulfonamides is 1. The van der Waals surface area contributed by atoms with E-state index in [4.69, 9.17) is 4.74 Å². The quantitative estimate of drug-likeness (QED) is 0.825. The highest BCUT2D eigenvalue weighted by atomic mass is 32.2. The first kappa shape index (κ1) is 19.4. The zero-order valence-corrected chi connectivity index (χ0v) is 16.4. The van der Waals surface area contributed by atoms with Crippen LogP contribution in [0.1, 0.15) is 23.6 Å². The standard InChI is InChI=1S/C20H24N2O4S/c1-3-26-19-8-4-15(5-9-19)12-20(23)21-18-7-6-16-10-11-22(27(2,24)25)14-17(16)13-18/h4-9,13H,3,10-12,14H2,1-2H3,(H,21,23). The number of ether oxygens (including phenoxy) is 1. The molecule has 1 N–H and O–H groups in total. The van der Waals surface area contributed by atoms with Gasteiger partial charge >= 0.3 is 0 Å². The molecule has 0 fully saturated rings. The van der Waals surface area contributed by atoms with Gasteiger partial charge in [-0.1, -0.05) is 18.2 Å². The van der Waals surface area contributed by atoms with E-state index >= 15 is 0 Å². The summed E-state index contributed by atoms with van der Waals surface area (Å²) in [4.78, 5) is 12.3. The van der Waals surface area contributed by atoms with Crippen LogP contribution in [0, 0.1) is 0 Å². The van der Waals surface area contributed by atoms with E-state index in [2.05, 4.69) is 5.32 Å². The number of rotatable bonds is 6. The zero-order valence-electron chi connectivity index (χ0n) is 15.6. The molecule has 2 aromatic carbocycles. The molecular formula is C20H24N2O4S. The number of nitrogens with zero attached hydrogens (tertiary/aromatic N) is 1. The lowest BCUT2D eigenvalue weighted by Crippen LogP contribution is -2.35. The van der Waals surface area contributed by atoms with Gasteiger partial charge in [0, 0.05) is 18.8 Å². The summed E-state index contributed by atoms with van der Waals surface area (Å²) < 4.78 is 30.4. The summed E-state index contributed by atoms with van der Waals surface area (Å²) >= 11 is 0. The smallest absolute Gasteiger partial charge is 0.228 e. The van der Waals surface area contributed by atoms with E-state index in [1.54, 1.807) is 0 Å². The molecule has 3 rings (SSSR count). The lowest BCUT2D eigenvalue weighted by Gasteiger charge is -2.27. The number of hydrogen-bond acceptors (Lipinski definition) is 4. The fourth-order valence-corrected chi connectivity index (χ4v) is 3.95. The molecule has 7 heteroatoms. The summed E-state index contributed by atoms with van der Waals surface area (Å²) in [7, 11) is -3.22. The van der Waals surface area contributed by atoms with Gasteiger partial charge < -0.3 is 10.1 Å². The molecule has 0 aliphatic carbocycles. The van der Waals surface area contributed by atoms with E-state index in [-0.39, 0.29) is 12.3 Å². The van der Waals surface area contributed by atoms with Gasteiger partial charge in [0.05, 0.1) is 19.3 Å². The SMILES string of the molecule is CCOc1ccc(CC(=O)Nc2ccc3c(c2)CN(S(C)(=O)=O)CC3)cc1. The second-order valence-electron chi connectivity index (χ2n) is 6.63. The minimum atomic E-state index is -3.22. The second-order valence-corrected chi connectivity index (χ2v) is 8.61. The van der Waals surface area contributed by atoms with Crippen molar-refractivity contribution < 1.29 is 17.9 Å².